The van der Waals surface area contributed by atoms with E-state index >= 15 is 0 Å². The molecule has 2 aromatic carbocycles. The van der Waals surface area contributed by atoms with Gasteiger partial charge >= 0.3 is 0 Å². The summed E-state index contributed by atoms with van der Waals surface area (Å²) >= 11 is 0. The number of sulfonamides is 1. The number of carbonyl (C=O) groups excluding carboxylic acids is 1. The number of hydrogen-bond donors (Lipinski definition) is 1. The monoisotopic (exact) mass is 497 g/mol. The molecule has 0 aliphatic carbocycles. The lowest BCUT2D eigenvalue weighted by atomic mass is 9.98. The number of piperidine rings is 2. The van der Waals surface area contributed by atoms with Crippen LogP contribution in [0.25, 0.3) is 0 Å². The number of aryl methyl sites for hydroxylation is 1. The average Bonchev–Trinajstić information content (AvgIpc) is 2.87. The quantitative estimate of drug-likeness (QED) is 0.537. The Morgan fingerprint density at radius 1 is 0.914 bits per heavy atom. The van der Waals surface area contributed by atoms with Crippen molar-refractivity contribution in [3.05, 3.63) is 59.7 Å². The molecular formula is C28H39N3O3S. The molecule has 0 atom stereocenters. The van der Waals surface area contributed by atoms with E-state index in [1.165, 1.54) is 5.56 Å². The summed E-state index contributed by atoms with van der Waals surface area (Å²) in [6.45, 7) is 7.72. The number of carbonyl (C=O) groups is 1. The molecule has 2 aromatic rings. The Kier molecular flexibility index (Phi) is 8.50. The number of nitrogens with zero attached hydrogens (tertiary/aromatic N) is 2. The fourth-order valence-electron chi connectivity index (χ4n) is 4.98. The van der Waals surface area contributed by atoms with E-state index in [4.69, 9.17) is 0 Å². The van der Waals surface area contributed by atoms with Crippen LogP contribution < -0.4 is 10.2 Å². The van der Waals surface area contributed by atoms with Crippen LogP contribution in [-0.2, 0) is 16.4 Å². The zero-order valence-corrected chi connectivity index (χ0v) is 21.9. The van der Waals surface area contributed by atoms with E-state index in [1.54, 1.807) is 16.4 Å². The van der Waals surface area contributed by atoms with Gasteiger partial charge in [0.2, 0.25) is 10.0 Å². The zero-order chi connectivity index (χ0) is 24.8. The van der Waals surface area contributed by atoms with Gasteiger partial charge in [-0.05, 0) is 74.1 Å². The van der Waals surface area contributed by atoms with Crippen molar-refractivity contribution in [3.63, 3.8) is 0 Å². The summed E-state index contributed by atoms with van der Waals surface area (Å²) in [5.74, 6) is 0.967. The number of benzene rings is 2. The van der Waals surface area contributed by atoms with Crippen molar-refractivity contribution < 1.29 is 13.2 Å². The van der Waals surface area contributed by atoms with Crippen molar-refractivity contribution in [1.29, 1.82) is 0 Å². The number of anilines is 1. The third-order valence-corrected chi connectivity index (χ3v) is 9.41. The lowest BCUT2D eigenvalue weighted by Gasteiger charge is -2.35. The van der Waals surface area contributed by atoms with Crippen LogP contribution in [0.5, 0.6) is 0 Å². The van der Waals surface area contributed by atoms with Crippen LogP contribution in [0.15, 0.2) is 53.4 Å². The van der Waals surface area contributed by atoms with Gasteiger partial charge in [0, 0.05) is 38.3 Å². The third-order valence-electron chi connectivity index (χ3n) is 7.48. The largest absolute Gasteiger partial charge is 0.370 e. The molecule has 6 nitrogen and oxygen atoms in total. The molecule has 2 aliphatic rings. The van der Waals surface area contributed by atoms with Crippen molar-refractivity contribution >= 4 is 21.6 Å². The maximum absolute atomic E-state index is 13.8. The molecule has 2 fully saturated rings. The Bertz CT molecular complexity index is 1090. The van der Waals surface area contributed by atoms with Crippen LogP contribution in [0.1, 0.15) is 61.9 Å². The van der Waals surface area contributed by atoms with Gasteiger partial charge in [-0.3, -0.25) is 4.79 Å². The molecule has 0 saturated carbocycles. The smallest absolute Gasteiger partial charge is 0.251 e. The second-order valence-corrected chi connectivity index (χ2v) is 12.2. The SMILES string of the molecule is CC1CCN(c2ccc(C(=O)NCCCc3ccccc3)cc2S(=O)(=O)N2CCC(C)CC2)CC1. The Morgan fingerprint density at radius 2 is 1.54 bits per heavy atom. The van der Waals surface area contributed by atoms with E-state index in [9.17, 15) is 13.2 Å². The van der Waals surface area contributed by atoms with Crippen molar-refractivity contribution in [1.82, 2.24) is 9.62 Å². The molecule has 0 bridgehead atoms. The molecule has 0 spiro atoms. The van der Waals surface area contributed by atoms with Gasteiger partial charge in [0.05, 0.1) is 5.69 Å². The first-order chi connectivity index (χ1) is 16.8. The number of nitrogens with one attached hydrogen (secondary N) is 1. The normalized spacial score (nSPS) is 18.5. The van der Waals surface area contributed by atoms with Gasteiger partial charge in [0.25, 0.3) is 5.91 Å². The zero-order valence-electron chi connectivity index (χ0n) is 21.1. The number of rotatable bonds is 8. The summed E-state index contributed by atoms with van der Waals surface area (Å²) < 4.78 is 29.2. The van der Waals surface area contributed by atoms with E-state index in [0.717, 1.165) is 57.3 Å². The summed E-state index contributed by atoms with van der Waals surface area (Å²) in [4.78, 5) is 15.4. The highest BCUT2D eigenvalue weighted by Crippen LogP contribution is 2.33. The Morgan fingerprint density at radius 3 is 2.20 bits per heavy atom. The first-order valence-corrected chi connectivity index (χ1v) is 14.5. The van der Waals surface area contributed by atoms with Crippen LogP contribution in [0.2, 0.25) is 0 Å². The standard InChI is InChI=1S/C28H39N3O3S/c1-22-12-17-30(18-13-22)26-11-10-25(28(32)29-16-6-9-24-7-4-3-5-8-24)21-27(26)35(33,34)31-19-14-23(2)15-20-31/h3-5,7-8,10-11,21-23H,6,9,12-20H2,1-2H3,(H,29,32). The van der Waals surface area contributed by atoms with Gasteiger partial charge in [-0.1, -0.05) is 44.2 Å². The molecule has 35 heavy (non-hydrogen) atoms. The van der Waals surface area contributed by atoms with Gasteiger partial charge in [0.15, 0.2) is 0 Å². The van der Waals surface area contributed by atoms with Gasteiger partial charge in [-0.15, -0.1) is 0 Å². The molecule has 0 aromatic heterocycles. The Balaban J connectivity index is 1.52. The number of hydrogen-bond acceptors (Lipinski definition) is 4. The predicted octanol–water partition coefficient (Wildman–Crippen LogP) is 4.71. The summed E-state index contributed by atoms with van der Waals surface area (Å²) in [7, 11) is -3.68. The molecule has 2 heterocycles. The van der Waals surface area contributed by atoms with Gasteiger partial charge in [-0.25, -0.2) is 8.42 Å². The minimum absolute atomic E-state index is 0.222. The summed E-state index contributed by atoms with van der Waals surface area (Å²) in [5, 5.41) is 2.98. The highest BCUT2D eigenvalue weighted by atomic mass is 32.2. The topological polar surface area (TPSA) is 69.7 Å². The lowest BCUT2D eigenvalue weighted by Crippen LogP contribution is -2.40. The van der Waals surface area contributed by atoms with Crippen molar-refractivity contribution in [3.8, 4) is 0 Å². The predicted molar refractivity (Wildman–Crippen MR) is 141 cm³/mol. The molecule has 0 unspecified atom stereocenters. The lowest BCUT2D eigenvalue weighted by molar-refractivity contribution is 0.0953. The summed E-state index contributed by atoms with van der Waals surface area (Å²) in [6, 6.07) is 15.4. The molecule has 0 radical (unpaired) electrons. The van der Waals surface area contributed by atoms with Gasteiger partial charge in [0.1, 0.15) is 4.90 Å². The second-order valence-electron chi connectivity index (χ2n) is 10.3. The van der Waals surface area contributed by atoms with Crippen LogP contribution in [0.4, 0.5) is 5.69 Å². The maximum Gasteiger partial charge on any atom is 0.251 e. The summed E-state index contributed by atoms with van der Waals surface area (Å²) in [5.41, 5.74) is 2.38. The van der Waals surface area contributed by atoms with Crippen molar-refractivity contribution in [2.45, 2.75) is 57.3 Å². The third kappa shape index (κ3) is 6.44. The first-order valence-electron chi connectivity index (χ1n) is 13.1. The molecule has 1 amide bonds. The fourth-order valence-corrected chi connectivity index (χ4v) is 6.69. The van der Waals surface area contributed by atoms with Gasteiger partial charge < -0.3 is 10.2 Å². The Labute approximate surface area is 210 Å². The van der Waals surface area contributed by atoms with Gasteiger partial charge in [-0.2, -0.15) is 4.31 Å². The van der Waals surface area contributed by atoms with E-state index in [1.807, 2.05) is 24.3 Å². The van der Waals surface area contributed by atoms with Crippen LogP contribution in [0.3, 0.4) is 0 Å². The average molecular weight is 498 g/mol. The Hall–Kier alpha value is -2.38. The molecular weight excluding hydrogens is 458 g/mol. The molecule has 2 saturated heterocycles. The molecule has 7 heteroatoms. The molecule has 4 rings (SSSR count). The van der Waals surface area contributed by atoms with Crippen LogP contribution >= 0.6 is 0 Å². The second kappa shape index (κ2) is 11.6. The van der Waals surface area contributed by atoms with E-state index in [0.29, 0.717) is 37.0 Å². The first kappa shape index (κ1) is 25.7. The van der Waals surface area contributed by atoms with E-state index in [-0.39, 0.29) is 10.8 Å². The molecule has 2 aliphatic heterocycles. The molecule has 1 N–H and O–H groups in total. The van der Waals surface area contributed by atoms with E-state index < -0.39 is 10.0 Å². The molecule has 190 valence electrons. The fraction of sp³-hybridized carbons (Fsp3) is 0.536. The minimum Gasteiger partial charge on any atom is -0.370 e. The summed E-state index contributed by atoms with van der Waals surface area (Å²) in [6.07, 6.45) is 5.56. The van der Waals surface area contributed by atoms with Crippen molar-refractivity contribution in [2.75, 3.05) is 37.6 Å². The minimum atomic E-state index is -3.68. The van der Waals surface area contributed by atoms with E-state index in [2.05, 4.69) is 36.2 Å². The maximum atomic E-state index is 13.8. The van der Waals surface area contributed by atoms with Crippen molar-refractivity contribution in [2.24, 2.45) is 11.8 Å². The van der Waals surface area contributed by atoms with Crippen LogP contribution in [-0.4, -0.2) is 51.4 Å². The highest BCUT2D eigenvalue weighted by molar-refractivity contribution is 7.89. The van der Waals surface area contributed by atoms with Crippen LogP contribution in [0, 0.1) is 11.8 Å². The highest BCUT2D eigenvalue weighted by Gasteiger charge is 2.32. The number of amides is 1.